The van der Waals surface area contributed by atoms with Gasteiger partial charge < -0.3 is 0 Å². The fraction of sp³-hybridized carbons (Fsp3) is 0.357. The number of carbonyl (C=O) groups is 3. The van der Waals surface area contributed by atoms with Crippen LogP contribution in [0.25, 0.3) is 0 Å². The number of carbonyl (C=O) groups excluding carboxylic acids is 3. The monoisotopic (exact) mass is 245 g/mol. The summed E-state index contributed by atoms with van der Waals surface area (Å²) in [7, 11) is 0. The highest BCUT2D eigenvalue weighted by atomic mass is 16.2. The second kappa shape index (κ2) is 5.23. The van der Waals surface area contributed by atoms with E-state index >= 15 is 0 Å². The molecule has 1 unspecified atom stereocenters. The van der Waals surface area contributed by atoms with Crippen molar-refractivity contribution in [1.29, 1.82) is 0 Å². The van der Waals surface area contributed by atoms with Gasteiger partial charge in [-0.05, 0) is 18.1 Å². The lowest BCUT2D eigenvalue weighted by Gasteiger charge is -2.21. The van der Waals surface area contributed by atoms with Crippen molar-refractivity contribution in [3.05, 3.63) is 35.4 Å². The van der Waals surface area contributed by atoms with Crippen LogP contribution < -0.4 is 0 Å². The van der Waals surface area contributed by atoms with Crippen LogP contribution in [0, 0.1) is 0 Å². The molecule has 0 bridgehead atoms. The van der Waals surface area contributed by atoms with Crippen molar-refractivity contribution in [2.45, 2.75) is 25.9 Å². The first kappa shape index (κ1) is 12.6. The summed E-state index contributed by atoms with van der Waals surface area (Å²) in [4.78, 5) is 35.4. The van der Waals surface area contributed by atoms with Crippen LogP contribution in [0.3, 0.4) is 0 Å². The largest absolute Gasteiger partial charge is 0.300 e. The van der Waals surface area contributed by atoms with Crippen LogP contribution in [0.2, 0.25) is 0 Å². The summed E-state index contributed by atoms with van der Waals surface area (Å²) in [6.45, 7) is 2.65. The third kappa shape index (κ3) is 2.38. The van der Waals surface area contributed by atoms with Crippen LogP contribution in [0.4, 0.5) is 0 Å². The minimum atomic E-state index is -0.516. The van der Waals surface area contributed by atoms with E-state index in [1.807, 2.05) is 29.2 Å². The van der Waals surface area contributed by atoms with Gasteiger partial charge in [-0.2, -0.15) is 0 Å². The van der Waals surface area contributed by atoms with E-state index in [1.54, 1.807) is 0 Å². The lowest BCUT2D eigenvalue weighted by Crippen LogP contribution is -2.30. The van der Waals surface area contributed by atoms with Crippen molar-refractivity contribution in [3.8, 4) is 0 Å². The number of aldehydes is 1. The molecule has 1 aliphatic heterocycles. The fourth-order valence-electron chi connectivity index (χ4n) is 2.36. The number of nitrogens with zero attached hydrogens (tertiary/aromatic N) is 1. The van der Waals surface area contributed by atoms with Gasteiger partial charge in [-0.15, -0.1) is 0 Å². The van der Waals surface area contributed by atoms with Crippen molar-refractivity contribution in [1.82, 2.24) is 4.90 Å². The maximum absolute atomic E-state index is 11.7. The Labute approximate surface area is 106 Å². The first-order valence-electron chi connectivity index (χ1n) is 5.94. The number of hydrogen-bond acceptors (Lipinski definition) is 4. The van der Waals surface area contributed by atoms with E-state index < -0.39 is 11.8 Å². The van der Waals surface area contributed by atoms with E-state index in [0.717, 1.165) is 11.1 Å². The van der Waals surface area contributed by atoms with Crippen LogP contribution in [0.5, 0.6) is 0 Å². The van der Waals surface area contributed by atoms with E-state index in [9.17, 15) is 14.4 Å². The summed E-state index contributed by atoms with van der Waals surface area (Å²) in [5.41, 5.74) is 1.94. The van der Waals surface area contributed by atoms with E-state index in [2.05, 4.69) is 0 Å². The van der Waals surface area contributed by atoms with Gasteiger partial charge in [-0.1, -0.05) is 24.3 Å². The zero-order chi connectivity index (χ0) is 13.1. The highest BCUT2D eigenvalue weighted by molar-refractivity contribution is 6.27. The molecule has 0 aromatic heterocycles. The van der Waals surface area contributed by atoms with Crippen LogP contribution in [0.15, 0.2) is 24.3 Å². The summed E-state index contributed by atoms with van der Waals surface area (Å²) in [5, 5.41) is 0. The van der Waals surface area contributed by atoms with Gasteiger partial charge in [-0.3, -0.25) is 19.3 Å². The summed E-state index contributed by atoms with van der Waals surface area (Å²) >= 11 is 0. The molecule has 0 radical (unpaired) electrons. The fourth-order valence-corrected chi connectivity index (χ4v) is 2.36. The molecule has 4 heteroatoms. The van der Waals surface area contributed by atoms with Gasteiger partial charge in [0.05, 0.1) is 0 Å². The summed E-state index contributed by atoms with van der Waals surface area (Å²) in [6.07, 6.45) is 0.768. The molecule has 0 spiro atoms. The Morgan fingerprint density at radius 2 is 2.11 bits per heavy atom. The molecule has 1 aliphatic rings. The van der Waals surface area contributed by atoms with Gasteiger partial charge >= 0.3 is 0 Å². The molecule has 4 nitrogen and oxygen atoms in total. The number of rotatable bonds is 5. The molecular formula is C14H15NO3. The van der Waals surface area contributed by atoms with E-state index in [-0.39, 0.29) is 5.78 Å². The van der Waals surface area contributed by atoms with Crippen LogP contribution >= 0.6 is 0 Å². The molecule has 1 atom stereocenters. The first-order valence-corrected chi connectivity index (χ1v) is 5.94. The second-order valence-electron chi connectivity index (χ2n) is 4.54. The van der Waals surface area contributed by atoms with Crippen LogP contribution in [-0.4, -0.2) is 29.3 Å². The first-order chi connectivity index (χ1) is 8.63. The molecule has 0 amide bonds. The van der Waals surface area contributed by atoms with E-state index in [0.29, 0.717) is 25.8 Å². The van der Waals surface area contributed by atoms with Gasteiger partial charge in [0, 0.05) is 19.5 Å². The minimum Gasteiger partial charge on any atom is -0.300 e. The number of Topliss-reactive ketones (excluding diaryl/α,β-unsaturated/α-hetero) is 2. The molecule has 2 rings (SSSR count). The van der Waals surface area contributed by atoms with E-state index in [4.69, 9.17) is 0 Å². The van der Waals surface area contributed by atoms with Gasteiger partial charge in [0.25, 0.3) is 0 Å². The topological polar surface area (TPSA) is 54.5 Å². The average molecular weight is 245 g/mol. The van der Waals surface area contributed by atoms with Gasteiger partial charge in [-0.25, -0.2) is 0 Å². The molecule has 1 aromatic carbocycles. The lowest BCUT2D eigenvalue weighted by molar-refractivity contribution is -0.133. The minimum absolute atomic E-state index is 0.0864. The number of benzene rings is 1. The molecule has 1 aromatic rings. The number of fused-ring (bicyclic) bond motifs is 1. The van der Waals surface area contributed by atoms with Gasteiger partial charge in [0.1, 0.15) is 11.8 Å². The highest BCUT2D eigenvalue weighted by Gasteiger charge is 2.34. The molecule has 0 N–H and O–H groups in total. The third-order valence-corrected chi connectivity index (χ3v) is 3.22. The van der Waals surface area contributed by atoms with Crippen molar-refractivity contribution in [2.24, 2.45) is 0 Å². The van der Waals surface area contributed by atoms with Crippen molar-refractivity contribution < 1.29 is 14.4 Å². The molecule has 94 valence electrons. The Hall–Kier alpha value is -1.81. The zero-order valence-electron chi connectivity index (χ0n) is 10.3. The Balaban J connectivity index is 2.25. The molecule has 18 heavy (non-hydrogen) atoms. The van der Waals surface area contributed by atoms with Gasteiger partial charge in [0.2, 0.25) is 5.78 Å². The van der Waals surface area contributed by atoms with Gasteiger partial charge in [0.15, 0.2) is 6.29 Å². The SMILES string of the molecule is CC(=O)CCN1Cc2ccccc2C1C(=O)C=O. The van der Waals surface area contributed by atoms with Crippen LogP contribution in [0.1, 0.15) is 30.5 Å². The second-order valence-corrected chi connectivity index (χ2v) is 4.54. The quantitative estimate of drug-likeness (QED) is 0.579. The number of hydrogen-bond donors (Lipinski definition) is 0. The Morgan fingerprint density at radius 1 is 1.39 bits per heavy atom. The molecule has 1 heterocycles. The van der Waals surface area contributed by atoms with Crippen molar-refractivity contribution in [2.75, 3.05) is 6.54 Å². The summed E-state index contributed by atoms with van der Waals surface area (Å²) in [6, 6.07) is 7.08. The molecular weight excluding hydrogens is 230 g/mol. The van der Waals surface area contributed by atoms with Crippen molar-refractivity contribution in [3.63, 3.8) is 0 Å². The molecule has 0 saturated heterocycles. The van der Waals surface area contributed by atoms with Crippen molar-refractivity contribution >= 4 is 17.9 Å². The van der Waals surface area contributed by atoms with Crippen LogP contribution in [-0.2, 0) is 20.9 Å². The predicted octanol–water partition coefficient (Wildman–Crippen LogP) is 1.29. The number of ketones is 2. The Morgan fingerprint density at radius 3 is 2.78 bits per heavy atom. The molecule has 0 saturated carbocycles. The third-order valence-electron chi connectivity index (χ3n) is 3.22. The lowest BCUT2D eigenvalue weighted by atomic mass is 10.0. The standard InChI is InChI=1S/C14H15NO3/c1-10(17)6-7-15-8-11-4-2-3-5-12(11)14(15)13(18)9-16/h2-5,9,14H,6-8H2,1H3. The zero-order valence-corrected chi connectivity index (χ0v) is 10.3. The summed E-state index contributed by atoms with van der Waals surface area (Å²) in [5.74, 6) is -0.355. The molecule has 0 fully saturated rings. The predicted molar refractivity (Wildman–Crippen MR) is 66.0 cm³/mol. The average Bonchev–Trinajstić information content (AvgIpc) is 2.73. The normalized spacial score (nSPS) is 18.4. The molecule has 0 aliphatic carbocycles. The highest BCUT2D eigenvalue weighted by Crippen LogP contribution is 2.33. The summed E-state index contributed by atoms with van der Waals surface area (Å²) < 4.78 is 0. The Bertz CT molecular complexity index is 496. The van der Waals surface area contributed by atoms with E-state index in [1.165, 1.54) is 6.92 Å². The maximum Gasteiger partial charge on any atom is 0.216 e. The smallest absolute Gasteiger partial charge is 0.216 e. The maximum atomic E-state index is 11.7. The Kier molecular flexibility index (Phi) is 3.67.